The standard InChI is InChI=1S/C23H42N2O7/c1-13(2)10-16(24-14(3)27)19-15(18(28)12-26)11-17(20(29)31-22(4,5)6)25(19)21(30)32-23(7,8)9/h13,15-19,26,28H,10-12H2,1-9H3,(H,24,27)/t15-,16?,17+,18+,19+/m0/s1. The Morgan fingerprint density at radius 1 is 1.06 bits per heavy atom. The molecule has 186 valence electrons. The van der Waals surface area contributed by atoms with E-state index in [9.17, 15) is 24.6 Å². The molecule has 1 fully saturated rings. The van der Waals surface area contributed by atoms with Gasteiger partial charge in [-0.1, -0.05) is 13.8 Å². The first kappa shape index (κ1) is 28.2. The number of nitrogens with zero attached hydrogens (tertiary/aromatic N) is 1. The number of aliphatic hydroxyl groups is 2. The van der Waals surface area contributed by atoms with Gasteiger partial charge in [-0.05, 0) is 60.3 Å². The number of carbonyl (C=O) groups is 3. The maximum atomic E-state index is 13.3. The van der Waals surface area contributed by atoms with Crippen LogP contribution in [0.3, 0.4) is 0 Å². The van der Waals surface area contributed by atoms with Crippen molar-refractivity contribution >= 4 is 18.0 Å². The number of carbonyl (C=O) groups excluding carboxylic acids is 3. The monoisotopic (exact) mass is 458 g/mol. The normalized spacial score (nSPS) is 23.6. The highest BCUT2D eigenvalue weighted by Crippen LogP contribution is 2.38. The number of hydrogen-bond donors (Lipinski definition) is 3. The predicted molar refractivity (Wildman–Crippen MR) is 120 cm³/mol. The molecule has 9 heteroatoms. The third-order valence-corrected chi connectivity index (χ3v) is 5.08. The van der Waals surface area contributed by atoms with E-state index in [1.54, 1.807) is 41.5 Å². The molecule has 5 atom stereocenters. The minimum absolute atomic E-state index is 0.0781. The first-order valence-electron chi connectivity index (χ1n) is 11.3. The number of rotatable bonds is 7. The van der Waals surface area contributed by atoms with E-state index in [1.165, 1.54) is 11.8 Å². The average molecular weight is 459 g/mol. The summed E-state index contributed by atoms with van der Waals surface area (Å²) in [5.74, 6) is -1.43. The Kier molecular flexibility index (Phi) is 9.53. The lowest BCUT2D eigenvalue weighted by Gasteiger charge is -2.39. The van der Waals surface area contributed by atoms with E-state index >= 15 is 0 Å². The number of aliphatic hydroxyl groups excluding tert-OH is 2. The molecule has 2 amide bonds. The van der Waals surface area contributed by atoms with Crippen LogP contribution in [0.1, 0.15) is 75.2 Å². The smallest absolute Gasteiger partial charge is 0.411 e. The number of ether oxygens (including phenoxy) is 2. The number of amides is 2. The van der Waals surface area contributed by atoms with Crippen LogP contribution in [0.25, 0.3) is 0 Å². The molecule has 9 nitrogen and oxygen atoms in total. The molecule has 1 aliphatic rings. The van der Waals surface area contributed by atoms with Crippen LogP contribution < -0.4 is 5.32 Å². The van der Waals surface area contributed by atoms with Crippen LogP contribution >= 0.6 is 0 Å². The molecule has 1 saturated heterocycles. The fourth-order valence-corrected chi connectivity index (χ4v) is 4.13. The summed E-state index contributed by atoms with van der Waals surface area (Å²) in [6.45, 7) is 15.1. The molecule has 0 bridgehead atoms. The van der Waals surface area contributed by atoms with Gasteiger partial charge in [-0.25, -0.2) is 9.59 Å². The minimum atomic E-state index is -1.19. The zero-order chi connectivity index (χ0) is 25.0. The fourth-order valence-electron chi connectivity index (χ4n) is 4.13. The highest BCUT2D eigenvalue weighted by atomic mass is 16.6. The lowest BCUT2D eigenvalue weighted by atomic mass is 9.85. The van der Waals surface area contributed by atoms with Crippen LogP contribution in [0.4, 0.5) is 4.79 Å². The van der Waals surface area contributed by atoms with Gasteiger partial charge in [0.05, 0.1) is 18.8 Å². The first-order valence-corrected chi connectivity index (χ1v) is 11.3. The maximum absolute atomic E-state index is 13.3. The van der Waals surface area contributed by atoms with Gasteiger partial charge in [0.15, 0.2) is 0 Å². The molecule has 3 N–H and O–H groups in total. The molecule has 1 rings (SSSR count). The van der Waals surface area contributed by atoms with Crippen LogP contribution in [-0.4, -0.2) is 75.1 Å². The molecule has 1 unspecified atom stereocenters. The summed E-state index contributed by atoms with van der Waals surface area (Å²) >= 11 is 0. The van der Waals surface area contributed by atoms with Gasteiger partial charge in [-0.3, -0.25) is 9.69 Å². The second-order valence-electron chi connectivity index (χ2n) is 11.0. The highest BCUT2D eigenvalue weighted by Gasteiger charge is 2.54. The summed E-state index contributed by atoms with van der Waals surface area (Å²) < 4.78 is 11.2. The van der Waals surface area contributed by atoms with Crippen molar-refractivity contribution in [3.05, 3.63) is 0 Å². The molecule has 0 aromatic heterocycles. The SMILES string of the molecule is CC(=O)NC(CC(C)C)[C@H]1[C@H]([C@H](O)CO)C[C@H](C(=O)OC(C)(C)C)N1C(=O)OC(C)(C)C. The largest absolute Gasteiger partial charge is 0.458 e. The molecule has 32 heavy (non-hydrogen) atoms. The third-order valence-electron chi connectivity index (χ3n) is 5.08. The van der Waals surface area contributed by atoms with Gasteiger partial charge in [-0.15, -0.1) is 0 Å². The van der Waals surface area contributed by atoms with E-state index in [0.29, 0.717) is 6.42 Å². The topological polar surface area (TPSA) is 125 Å². The van der Waals surface area contributed by atoms with Crippen LogP contribution in [-0.2, 0) is 19.1 Å². The summed E-state index contributed by atoms with van der Waals surface area (Å²) in [6, 6.07) is -2.35. The van der Waals surface area contributed by atoms with Gasteiger partial charge < -0.3 is 25.0 Å². The van der Waals surface area contributed by atoms with Crippen molar-refractivity contribution in [1.29, 1.82) is 0 Å². The van der Waals surface area contributed by atoms with Crippen molar-refractivity contribution < 1.29 is 34.1 Å². The Balaban J connectivity index is 3.55. The average Bonchev–Trinajstić information content (AvgIpc) is 2.97. The van der Waals surface area contributed by atoms with Crippen molar-refractivity contribution in [1.82, 2.24) is 10.2 Å². The summed E-state index contributed by atoms with van der Waals surface area (Å²) in [4.78, 5) is 39.7. The number of likely N-dealkylation sites (tertiary alicyclic amines) is 1. The zero-order valence-corrected chi connectivity index (χ0v) is 21.0. The van der Waals surface area contributed by atoms with Gasteiger partial charge in [0, 0.05) is 18.9 Å². The van der Waals surface area contributed by atoms with Gasteiger partial charge >= 0.3 is 12.1 Å². The van der Waals surface area contributed by atoms with E-state index in [0.717, 1.165) is 0 Å². The Morgan fingerprint density at radius 3 is 2.00 bits per heavy atom. The second-order valence-corrected chi connectivity index (χ2v) is 11.0. The van der Waals surface area contributed by atoms with Gasteiger partial charge in [0.1, 0.15) is 17.2 Å². The van der Waals surface area contributed by atoms with E-state index in [4.69, 9.17) is 9.47 Å². The number of hydrogen-bond acceptors (Lipinski definition) is 7. The van der Waals surface area contributed by atoms with E-state index in [2.05, 4.69) is 5.32 Å². The molecule has 0 aliphatic carbocycles. The molecule has 0 saturated carbocycles. The maximum Gasteiger partial charge on any atom is 0.411 e. The molecule has 0 radical (unpaired) electrons. The van der Waals surface area contributed by atoms with Crippen LogP contribution in [0.2, 0.25) is 0 Å². The predicted octanol–water partition coefficient (Wildman–Crippen LogP) is 2.23. The lowest BCUT2D eigenvalue weighted by Crippen LogP contribution is -2.58. The first-order chi connectivity index (χ1) is 14.5. The molecule has 1 aliphatic heterocycles. The van der Waals surface area contributed by atoms with Gasteiger partial charge in [0.2, 0.25) is 5.91 Å². The van der Waals surface area contributed by atoms with E-state index < -0.39 is 60.0 Å². The lowest BCUT2D eigenvalue weighted by molar-refractivity contribution is -0.160. The van der Waals surface area contributed by atoms with Crippen molar-refractivity contribution in [3.63, 3.8) is 0 Å². The number of esters is 1. The summed E-state index contributed by atoms with van der Waals surface area (Å²) in [7, 11) is 0. The third kappa shape index (κ3) is 8.24. The Bertz CT molecular complexity index is 666. The van der Waals surface area contributed by atoms with Crippen molar-refractivity contribution in [2.24, 2.45) is 11.8 Å². The molecule has 1 heterocycles. The molecule has 0 spiro atoms. The van der Waals surface area contributed by atoms with Crippen molar-refractivity contribution in [2.45, 2.75) is 111 Å². The van der Waals surface area contributed by atoms with Crippen molar-refractivity contribution in [3.8, 4) is 0 Å². The van der Waals surface area contributed by atoms with Crippen LogP contribution in [0.5, 0.6) is 0 Å². The quantitative estimate of drug-likeness (QED) is 0.500. The molecule has 0 aromatic rings. The fraction of sp³-hybridized carbons (Fsp3) is 0.870. The van der Waals surface area contributed by atoms with Crippen LogP contribution in [0.15, 0.2) is 0 Å². The van der Waals surface area contributed by atoms with E-state index in [1.807, 2.05) is 13.8 Å². The summed E-state index contributed by atoms with van der Waals surface area (Å²) in [6.07, 6.45) is -1.35. The van der Waals surface area contributed by atoms with Crippen LogP contribution in [0, 0.1) is 11.8 Å². The Hall–Kier alpha value is -1.87. The minimum Gasteiger partial charge on any atom is -0.458 e. The highest BCUT2D eigenvalue weighted by molar-refractivity contribution is 5.83. The molecular weight excluding hydrogens is 416 g/mol. The Labute approximate surface area is 191 Å². The zero-order valence-electron chi connectivity index (χ0n) is 21.0. The molecular formula is C23H42N2O7. The summed E-state index contributed by atoms with van der Waals surface area (Å²) in [5, 5.41) is 23.2. The second kappa shape index (κ2) is 10.8. The summed E-state index contributed by atoms with van der Waals surface area (Å²) in [5.41, 5.74) is -1.61. The Morgan fingerprint density at radius 2 is 1.59 bits per heavy atom. The number of nitrogens with one attached hydrogen (secondary N) is 1. The van der Waals surface area contributed by atoms with E-state index in [-0.39, 0.29) is 18.2 Å². The van der Waals surface area contributed by atoms with Gasteiger partial charge in [-0.2, -0.15) is 0 Å². The van der Waals surface area contributed by atoms with Gasteiger partial charge in [0.25, 0.3) is 0 Å². The van der Waals surface area contributed by atoms with Crippen molar-refractivity contribution in [2.75, 3.05) is 6.61 Å². The molecule has 0 aromatic carbocycles.